The van der Waals surface area contributed by atoms with Gasteiger partial charge in [-0.1, -0.05) is 30.3 Å². The maximum absolute atomic E-state index is 12.8. The van der Waals surface area contributed by atoms with Crippen LogP contribution < -0.4 is 19.1 Å². The second-order valence-corrected chi connectivity index (χ2v) is 9.35. The van der Waals surface area contributed by atoms with Crippen LogP contribution >= 0.6 is 0 Å². The molecule has 15 heteroatoms. The van der Waals surface area contributed by atoms with Crippen molar-refractivity contribution in [2.45, 2.75) is 17.6 Å². The van der Waals surface area contributed by atoms with E-state index < -0.39 is 28.1 Å². The first-order valence-corrected chi connectivity index (χ1v) is 12.2. The number of rotatable bonds is 9. The molecule has 0 aliphatic rings. The summed E-state index contributed by atoms with van der Waals surface area (Å²) in [5.74, 6) is -3.13. The van der Waals surface area contributed by atoms with Crippen LogP contribution in [0.1, 0.15) is 15.9 Å². The van der Waals surface area contributed by atoms with Crippen molar-refractivity contribution in [2.24, 2.45) is 0 Å². The fourth-order valence-electron chi connectivity index (χ4n) is 3.10. The minimum atomic E-state index is -5.08. The molecule has 3 rings (SSSR count). The van der Waals surface area contributed by atoms with Gasteiger partial charge in [-0.15, -0.1) is 0 Å². The number of aromatic carboxylic acids is 1. The Morgan fingerprint density at radius 3 is 2.10 bits per heavy atom. The highest BCUT2D eigenvalue weighted by Gasteiger charge is 2.38. The highest BCUT2D eigenvalue weighted by Crippen LogP contribution is 2.30. The van der Waals surface area contributed by atoms with Crippen LogP contribution in [-0.2, 0) is 21.4 Å². The van der Waals surface area contributed by atoms with Crippen LogP contribution in [0.25, 0.3) is 0 Å². The molecule has 210 valence electrons. The van der Waals surface area contributed by atoms with Gasteiger partial charge in [0.2, 0.25) is 0 Å². The van der Waals surface area contributed by atoms with Gasteiger partial charge in [0.25, 0.3) is 10.0 Å². The number of carboxylic acid groups (broad SMARTS) is 2. The van der Waals surface area contributed by atoms with E-state index >= 15 is 0 Å². The zero-order valence-electron chi connectivity index (χ0n) is 20.8. The molecule has 2 aromatic carbocycles. The number of nitrogens with zero attached hydrogens (tertiary/aromatic N) is 2. The second kappa shape index (κ2) is 12.8. The summed E-state index contributed by atoms with van der Waals surface area (Å²) >= 11 is 0. The molecule has 0 atom stereocenters. The number of aromatic nitrogens is 1. The van der Waals surface area contributed by atoms with Gasteiger partial charge in [-0.2, -0.15) is 13.2 Å². The number of anilines is 2. The van der Waals surface area contributed by atoms with Gasteiger partial charge in [0, 0.05) is 19.7 Å². The van der Waals surface area contributed by atoms with Crippen LogP contribution in [-0.4, -0.2) is 63.0 Å². The largest absolute Gasteiger partial charge is 0.493 e. The molecule has 0 saturated heterocycles. The summed E-state index contributed by atoms with van der Waals surface area (Å²) in [5.41, 5.74) is 0.872. The number of hydrogen-bond donors (Lipinski definition) is 3. The highest BCUT2D eigenvalue weighted by molar-refractivity contribution is 7.92. The Balaban J connectivity index is 0.000000673. The summed E-state index contributed by atoms with van der Waals surface area (Å²) < 4.78 is 70.0. The third-order valence-electron chi connectivity index (χ3n) is 4.88. The van der Waals surface area contributed by atoms with Crippen molar-refractivity contribution in [3.63, 3.8) is 0 Å². The molecule has 3 N–H and O–H groups in total. The minimum absolute atomic E-state index is 0.0223. The van der Waals surface area contributed by atoms with Crippen molar-refractivity contribution >= 4 is 33.5 Å². The van der Waals surface area contributed by atoms with Crippen molar-refractivity contribution in [1.29, 1.82) is 0 Å². The lowest BCUT2D eigenvalue weighted by atomic mass is 10.2. The number of methoxy groups -OCH3 is 2. The quantitative estimate of drug-likeness (QED) is 0.345. The summed E-state index contributed by atoms with van der Waals surface area (Å²) in [5, 5.41) is 16.8. The first-order chi connectivity index (χ1) is 18.2. The number of benzene rings is 2. The number of alkyl halides is 3. The number of hydrogen-bond acceptors (Lipinski definition) is 8. The predicted octanol–water partition coefficient (Wildman–Crippen LogP) is 3.87. The van der Waals surface area contributed by atoms with E-state index in [1.54, 1.807) is 11.9 Å². The Kier molecular flexibility index (Phi) is 10.1. The summed E-state index contributed by atoms with van der Waals surface area (Å²) in [4.78, 5) is 26.6. The maximum atomic E-state index is 12.8. The molecule has 0 aliphatic carbocycles. The lowest BCUT2D eigenvalue weighted by Gasteiger charge is -2.21. The molecule has 1 heterocycles. The molecule has 0 unspecified atom stereocenters. The summed E-state index contributed by atoms with van der Waals surface area (Å²) in [6.45, 7) is 0.435. The Hall–Kier alpha value is -4.53. The number of ether oxygens (including phenoxy) is 2. The Morgan fingerprint density at radius 1 is 1.00 bits per heavy atom. The van der Waals surface area contributed by atoms with Gasteiger partial charge in [-0.05, 0) is 23.8 Å². The van der Waals surface area contributed by atoms with Gasteiger partial charge in [0.1, 0.15) is 11.4 Å². The van der Waals surface area contributed by atoms with E-state index in [0.717, 1.165) is 5.56 Å². The normalized spacial score (nSPS) is 11.0. The van der Waals surface area contributed by atoms with Crippen LogP contribution in [0, 0.1) is 0 Å². The monoisotopic (exact) mass is 571 g/mol. The first-order valence-electron chi connectivity index (χ1n) is 10.7. The van der Waals surface area contributed by atoms with Gasteiger partial charge >= 0.3 is 18.1 Å². The van der Waals surface area contributed by atoms with Crippen LogP contribution in [0.5, 0.6) is 11.5 Å². The van der Waals surface area contributed by atoms with Crippen molar-refractivity contribution < 1.29 is 50.9 Å². The molecule has 0 aliphatic heterocycles. The lowest BCUT2D eigenvalue weighted by Crippen LogP contribution is -2.21. The van der Waals surface area contributed by atoms with Crippen molar-refractivity contribution in [3.8, 4) is 11.5 Å². The number of nitrogens with one attached hydrogen (secondary N) is 1. The third-order valence-corrected chi connectivity index (χ3v) is 6.26. The zero-order valence-corrected chi connectivity index (χ0v) is 21.6. The van der Waals surface area contributed by atoms with Gasteiger partial charge < -0.3 is 24.6 Å². The summed E-state index contributed by atoms with van der Waals surface area (Å²) in [6.07, 6.45) is -3.80. The standard InChI is InChI=1S/C22H23N3O6S.C2HF3O2/c1-25(14-15-7-5-4-6-8-15)21-18(22(26)27)11-16(13-23-21)24-32(28,29)17-9-10-19(30-2)20(12-17)31-3;3-2(4,5)1(6)7/h4-13,24H,14H2,1-3H3,(H,26,27);(H,6,7). The van der Waals surface area contributed by atoms with Gasteiger partial charge in [-0.3, -0.25) is 4.72 Å². The first kappa shape index (κ1) is 30.7. The van der Waals surface area contributed by atoms with E-state index in [4.69, 9.17) is 19.4 Å². The van der Waals surface area contributed by atoms with Crippen LogP contribution in [0.4, 0.5) is 24.7 Å². The summed E-state index contributed by atoms with van der Waals surface area (Å²) in [7, 11) is 0.533. The van der Waals surface area contributed by atoms with E-state index in [2.05, 4.69) is 9.71 Å². The van der Waals surface area contributed by atoms with Crippen molar-refractivity contribution in [1.82, 2.24) is 4.98 Å². The number of carboxylic acids is 2. The average Bonchev–Trinajstić information content (AvgIpc) is 2.88. The van der Waals surface area contributed by atoms with Gasteiger partial charge in [0.05, 0.1) is 31.0 Å². The molecule has 0 amide bonds. The van der Waals surface area contributed by atoms with Crippen molar-refractivity contribution in [3.05, 3.63) is 71.9 Å². The van der Waals surface area contributed by atoms with E-state index in [1.807, 2.05) is 30.3 Å². The molecule has 0 radical (unpaired) electrons. The third kappa shape index (κ3) is 8.49. The SMILES string of the molecule is COc1ccc(S(=O)(=O)Nc2cnc(N(C)Cc3ccccc3)c(C(=O)O)c2)cc1OC.O=C(O)C(F)(F)F. The molecule has 0 fully saturated rings. The highest BCUT2D eigenvalue weighted by atomic mass is 32.2. The van der Waals surface area contributed by atoms with E-state index in [9.17, 15) is 31.5 Å². The summed E-state index contributed by atoms with van der Waals surface area (Å²) in [6, 6.07) is 14.9. The number of carbonyl (C=O) groups is 2. The molecule has 3 aromatic rings. The van der Waals surface area contributed by atoms with E-state index in [1.165, 1.54) is 44.7 Å². The molecule has 0 saturated carbocycles. The maximum Gasteiger partial charge on any atom is 0.490 e. The molecule has 0 spiro atoms. The van der Waals surface area contributed by atoms with Gasteiger partial charge in [-0.25, -0.2) is 23.0 Å². The van der Waals surface area contributed by atoms with Crippen LogP contribution in [0.2, 0.25) is 0 Å². The minimum Gasteiger partial charge on any atom is -0.493 e. The predicted molar refractivity (Wildman–Crippen MR) is 134 cm³/mol. The molecular formula is C24H24F3N3O8S. The Morgan fingerprint density at radius 2 is 1.59 bits per heavy atom. The number of aliphatic carboxylic acids is 1. The fraction of sp³-hybridized carbons (Fsp3) is 0.208. The Labute approximate surface area is 221 Å². The number of sulfonamides is 1. The van der Waals surface area contributed by atoms with Crippen LogP contribution in [0.3, 0.4) is 0 Å². The van der Waals surface area contributed by atoms with Gasteiger partial charge in [0.15, 0.2) is 11.5 Å². The molecular weight excluding hydrogens is 547 g/mol. The molecule has 1 aromatic heterocycles. The fourth-order valence-corrected chi connectivity index (χ4v) is 4.15. The average molecular weight is 572 g/mol. The molecule has 39 heavy (non-hydrogen) atoms. The zero-order chi connectivity index (χ0) is 29.4. The van der Waals surface area contributed by atoms with Crippen LogP contribution in [0.15, 0.2) is 65.7 Å². The Bertz CT molecular complexity index is 1420. The molecule has 0 bridgehead atoms. The van der Waals surface area contributed by atoms with E-state index in [-0.39, 0.29) is 27.7 Å². The number of halogens is 3. The molecule has 11 nitrogen and oxygen atoms in total. The van der Waals surface area contributed by atoms with Crippen molar-refractivity contribution in [2.75, 3.05) is 30.9 Å². The number of pyridine rings is 1. The van der Waals surface area contributed by atoms with E-state index in [0.29, 0.717) is 12.3 Å². The lowest BCUT2D eigenvalue weighted by molar-refractivity contribution is -0.192. The topological polar surface area (TPSA) is 155 Å². The second-order valence-electron chi connectivity index (χ2n) is 7.67. The smallest absolute Gasteiger partial charge is 0.490 e.